The molecule has 0 aliphatic carbocycles. The molecule has 108 valence electrons. The monoisotopic (exact) mass is 292 g/mol. The fraction of sp³-hybridized carbons (Fsp3) is 0.500. The molecule has 7 heteroatoms. The summed E-state index contributed by atoms with van der Waals surface area (Å²) in [6.45, 7) is 4.77. The van der Waals surface area contributed by atoms with E-state index in [0.717, 1.165) is 19.0 Å². The van der Waals surface area contributed by atoms with Gasteiger partial charge < -0.3 is 5.32 Å². The Bertz CT molecular complexity index is 533. The standard InChI is InChI=1S/C12H18F2N2O2S/c1-3-4-15-5-6-16-19(17,18)12-7-9(2)10(13)8-11(12)14/h7-8,15-16H,3-6H2,1-2H3. The lowest BCUT2D eigenvalue weighted by Gasteiger charge is -2.09. The van der Waals surface area contributed by atoms with E-state index in [-0.39, 0.29) is 12.1 Å². The molecule has 19 heavy (non-hydrogen) atoms. The molecule has 1 rings (SSSR count). The zero-order valence-corrected chi connectivity index (χ0v) is 11.8. The first-order chi connectivity index (χ1) is 8.88. The maximum atomic E-state index is 13.5. The van der Waals surface area contributed by atoms with Gasteiger partial charge in [0.05, 0.1) is 0 Å². The molecule has 1 aromatic rings. The average Bonchev–Trinajstić information content (AvgIpc) is 2.33. The van der Waals surface area contributed by atoms with E-state index in [0.29, 0.717) is 12.6 Å². The van der Waals surface area contributed by atoms with E-state index >= 15 is 0 Å². The molecule has 0 atom stereocenters. The maximum absolute atomic E-state index is 13.5. The molecule has 1 aromatic carbocycles. The van der Waals surface area contributed by atoms with Crippen LogP contribution < -0.4 is 10.0 Å². The lowest BCUT2D eigenvalue weighted by molar-refractivity contribution is 0.538. The van der Waals surface area contributed by atoms with Crippen molar-refractivity contribution in [1.29, 1.82) is 0 Å². The molecule has 0 fully saturated rings. The highest BCUT2D eigenvalue weighted by atomic mass is 32.2. The van der Waals surface area contributed by atoms with Gasteiger partial charge in [-0.25, -0.2) is 21.9 Å². The van der Waals surface area contributed by atoms with Crippen molar-refractivity contribution >= 4 is 10.0 Å². The molecular formula is C12H18F2N2O2S. The van der Waals surface area contributed by atoms with Gasteiger partial charge in [-0.3, -0.25) is 0 Å². The quantitative estimate of drug-likeness (QED) is 0.750. The van der Waals surface area contributed by atoms with Gasteiger partial charge in [-0.15, -0.1) is 0 Å². The van der Waals surface area contributed by atoms with Crippen LogP contribution in [0.4, 0.5) is 8.78 Å². The molecule has 0 radical (unpaired) electrons. The number of sulfonamides is 1. The first kappa shape index (κ1) is 16.0. The highest BCUT2D eigenvalue weighted by molar-refractivity contribution is 7.89. The van der Waals surface area contributed by atoms with Crippen molar-refractivity contribution in [2.24, 2.45) is 0 Å². The third kappa shape index (κ3) is 4.52. The lowest BCUT2D eigenvalue weighted by atomic mass is 10.2. The lowest BCUT2D eigenvalue weighted by Crippen LogP contribution is -2.32. The molecule has 0 aromatic heterocycles. The highest BCUT2D eigenvalue weighted by Gasteiger charge is 2.20. The van der Waals surface area contributed by atoms with Gasteiger partial charge in [0.25, 0.3) is 0 Å². The molecule has 0 saturated carbocycles. The van der Waals surface area contributed by atoms with Crippen LogP contribution in [0.5, 0.6) is 0 Å². The Labute approximate surface area is 112 Å². The van der Waals surface area contributed by atoms with E-state index in [1.165, 1.54) is 6.92 Å². The summed E-state index contributed by atoms with van der Waals surface area (Å²) < 4.78 is 52.5. The van der Waals surface area contributed by atoms with Gasteiger partial charge in [0.1, 0.15) is 16.5 Å². The minimum Gasteiger partial charge on any atom is -0.315 e. The minimum absolute atomic E-state index is 0.0888. The summed E-state index contributed by atoms with van der Waals surface area (Å²) in [7, 11) is -3.95. The largest absolute Gasteiger partial charge is 0.315 e. The summed E-state index contributed by atoms with van der Waals surface area (Å²) >= 11 is 0. The van der Waals surface area contributed by atoms with E-state index in [2.05, 4.69) is 10.0 Å². The Balaban J connectivity index is 2.75. The number of nitrogens with one attached hydrogen (secondary N) is 2. The molecule has 0 aliphatic heterocycles. The molecule has 0 aliphatic rings. The van der Waals surface area contributed by atoms with Crippen molar-refractivity contribution in [3.05, 3.63) is 29.3 Å². The highest BCUT2D eigenvalue weighted by Crippen LogP contribution is 2.18. The molecular weight excluding hydrogens is 274 g/mol. The van der Waals surface area contributed by atoms with E-state index in [4.69, 9.17) is 0 Å². The van der Waals surface area contributed by atoms with Gasteiger partial charge in [0.2, 0.25) is 10.0 Å². The normalized spacial score (nSPS) is 11.8. The Kier molecular flexibility index (Phi) is 5.84. The molecule has 0 bridgehead atoms. The van der Waals surface area contributed by atoms with Crippen molar-refractivity contribution in [1.82, 2.24) is 10.0 Å². The second-order valence-corrected chi connectivity index (χ2v) is 5.91. The Morgan fingerprint density at radius 3 is 2.42 bits per heavy atom. The number of hydrogen-bond donors (Lipinski definition) is 2. The van der Waals surface area contributed by atoms with Crippen LogP contribution in [0.3, 0.4) is 0 Å². The van der Waals surface area contributed by atoms with Gasteiger partial charge in [-0.2, -0.15) is 0 Å². The maximum Gasteiger partial charge on any atom is 0.243 e. The second kappa shape index (κ2) is 6.93. The molecule has 2 N–H and O–H groups in total. The van der Waals surface area contributed by atoms with Crippen LogP contribution in [0.1, 0.15) is 18.9 Å². The van der Waals surface area contributed by atoms with Crippen LogP contribution in [-0.2, 0) is 10.0 Å². The zero-order valence-electron chi connectivity index (χ0n) is 11.0. The van der Waals surface area contributed by atoms with E-state index in [1.54, 1.807) is 0 Å². The fourth-order valence-electron chi connectivity index (χ4n) is 1.49. The van der Waals surface area contributed by atoms with E-state index in [1.807, 2.05) is 6.92 Å². The summed E-state index contributed by atoms with van der Waals surface area (Å²) in [6.07, 6.45) is 0.943. The Hall–Kier alpha value is -1.05. The van der Waals surface area contributed by atoms with Crippen molar-refractivity contribution in [3.63, 3.8) is 0 Å². The number of halogens is 2. The van der Waals surface area contributed by atoms with Gasteiger partial charge >= 0.3 is 0 Å². The van der Waals surface area contributed by atoms with Crippen LogP contribution in [0, 0.1) is 18.6 Å². The number of rotatable bonds is 7. The van der Waals surface area contributed by atoms with Gasteiger partial charge in [-0.1, -0.05) is 6.92 Å². The van der Waals surface area contributed by atoms with Gasteiger partial charge in [-0.05, 0) is 31.5 Å². The van der Waals surface area contributed by atoms with Crippen molar-refractivity contribution in [2.45, 2.75) is 25.2 Å². The van der Waals surface area contributed by atoms with Crippen molar-refractivity contribution in [3.8, 4) is 0 Å². The zero-order chi connectivity index (χ0) is 14.5. The number of hydrogen-bond acceptors (Lipinski definition) is 3. The first-order valence-corrected chi connectivity index (χ1v) is 7.53. The topological polar surface area (TPSA) is 58.2 Å². The summed E-state index contributed by atoms with van der Waals surface area (Å²) in [5, 5.41) is 3.01. The molecule has 0 unspecified atom stereocenters. The Morgan fingerprint density at radius 1 is 1.11 bits per heavy atom. The molecule has 0 amide bonds. The number of aryl methyl sites for hydroxylation is 1. The van der Waals surface area contributed by atoms with Crippen molar-refractivity contribution in [2.75, 3.05) is 19.6 Å². The molecule has 4 nitrogen and oxygen atoms in total. The minimum atomic E-state index is -3.95. The first-order valence-electron chi connectivity index (χ1n) is 6.04. The third-order valence-electron chi connectivity index (χ3n) is 2.52. The average molecular weight is 292 g/mol. The predicted molar refractivity (Wildman–Crippen MR) is 69.4 cm³/mol. The van der Waals surface area contributed by atoms with Gasteiger partial charge in [0, 0.05) is 19.2 Å². The Morgan fingerprint density at radius 2 is 1.79 bits per heavy atom. The van der Waals surface area contributed by atoms with E-state index in [9.17, 15) is 17.2 Å². The third-order valence-corrected chi connectivity index (χ3v) is 4.00. The van der Waals surface area contributed by atoms with Crippen LogP contribution in [-0.4, -0.2) is 28.1 Å². The van der Waals surface area contributed by atoms with Crippen LogP contribution >= 0.6 is 0 Å². The predicted octanol–water partition coefficient (Wildman–Crippen LogP) is 1.55. The molecule has 0 heterocycles. The van der Waals surface area contributed by atoms with Crippen LogP contribution in [0.2, 0.25) is 0 Å². The number of benzene rings is 1. The fourth-order valence-corrected chi connectivity index (χ4v) is 2.66. The summed E-state index contributed by atoms with van der Waals surface area (Å²) in [5.41, 5.74) is 0.0888. The second-order valence-electron chi connectivity index (χ2n) is 4.18. The van der Waals surface area contributed by atoms with Gasteiger partial charge in [0.15, 0.2) is 0 Å². The molecule has 0 saturated heterocycles. The summed E-state index contributed by atoms with van der Waals surface area (Å²) in [6, 6.07) is 1.58. The molecule has 0 spiro atoms. The van der Waals surface area contributed by atoms with Crippen LogP contribution in [0.15, 0.2) is 17.0 Å². The smallest absolute Gasteiger partial charge is 0.243 e. The summed E-state index contributed by atoms with van der Waals surface area (Å²) in [4.78, 5) is -0.526. The summed E-state index contributed by atoms with van der Waals surface area (Å²) in [5.74, 6) is -1.85. The van der Waals surface area contributed by atoms with E-state index < -0.39 is 26.6 Å². The SMILES string of the molecule is CCCNCCNS(=O)(=O)c1cc(C)c(F)cc1F. The van der Waals surface area contributed by atoms with Crippen molar-refractivity contribution < 1.29 is 17.2 Å². The van der Waals surface area contributed by atoms with Crippen LogP contribution in [0.25, 0.3) is 0 Å².